The molecule has 196 valence electrons. The van der Waals surface area contributed by atoms with Crippen molar-refractivity contribution in [2.75, 3.05) is 23.0 Å². The second-order valence-corrected chi connectivity index (χ2v) is 8.16. The van der Waals surface area contributed by atoms with Crippen molar-refractivity contribution in [2.24, 2.45) is 0 Å². The molecule has 0 aliphatic heterocycles. The fourth-order valence-corrected chi connectivity index (χ4v) is 3.82. The Morgan fingerprint density at radius 2 is 1.69 bits per heavy atom. The molecule has 12 heteroatoms. The molecule has 5 rings (SSSR count). The van der Waals surface area contributed by atoms with Gasteiger partial charge in [0.2, 0.25) is 11.8 Å². The number of anilines is 3. The van der Waals surface area contributed by atoms with Crippen LogP contribution in [0.2, 0.25) is 0 Å². The summed E-state index contributed by atoms with van der Waals surface area (Å²) in [4.78, 5) is 29.6. The first kappa shape index (κ1) is 25.4. The molecule has 0 saturated heterocycles. The molecular weight excluding hydrogens is 511 g/mol. The highest BCUT2D eigenvalue weighted by atomic mass is 19.4. The molecular formula is C27H20F3N7O2. The number of benzene rings is 3. The largest absolute Gasteiger partial charge is 0.438 e. The van der Waals surface area contributed by atoms with Gasteiger partial charge in [-0.15, -0.1) is 0 Å². The zero-order valence-corrected chi connectivity index (χ0v) is 20.3. The molecule has 0 saturated carbocycles. The molecule has 0 atom stereocenters. The standard InChI is InChI=1S/C27H20F3N7O2/c1-31-25-34-15-33-23(37-25)20-10-5-13-32-24(20)39-22-12-11-21(18-8-2-3-9-19(18)22)36-26(38)35-17-7-4-6-16(14-17)27(28,29)30/h2-15H,1H3,(H2,35,36,38)(H,31,33,34,37). The zero-order chi connectivity index (χ0) is 27.4. The van der Waals surface area contributed by atoms with E-state index in [0.717, 1.165) is 12.1 Å². The molecule has 2 amide bonds. The average Bonchev–Trinajstić information content (AvgIpc) is 2.94. The molecule has 3 aromatic carbocycles. The molecule has 0 unspecified atom stereocenters. The molecule has 0 spiro atoms. The lowest BCUT2D eigenvalue weighted by Crippen LogP contribution is -2.20. The van der Waals surface area contributed by atoms with E-state index in [-0.39, 0.29) is 11.6 Å². The normalized spacial score (nSPS) is 11.2. The van der Waals surface area contributed by atoms with Gasteiger partial charge >= 0.3 is 12.2 Å². The molecule has 2 heterocycles. The number of amides is 2. The maximum Gasteiger partial charge on any atom is 0.416 e. The number of rotatable bonds is 6. The summed E-state index contributed by atoms with van der Waals surface area (Å²) in [7, 11) is 1.70. The molecule has 0 aliphatic rings. The van der Waals surface area contributed by atoms with Crippen LogP contribution in [-0.4, -0.2) is 33.0 Å². The van der Waals surface area contributed by atoms with Crippen LogP contribution in [0.25, 0.3) is 22.2 Å². The lowest BCUT2D eigenvalue weighted by molar-refractivity contribution is -0.137. The van der Waals surface area contributed by atoms with Crippen LogP contribution in [0.3, 0.4) is 0 Å². The number of nitrogens with zero attached hydrogens (tertiary/aromatic N) is 4. The van der Waals surface area contributed by atoms with E-state index >= 15 is 0 Å². The highest BCUT2D eigenvalue weighted by molar-refractivity contribution is 6.07. The van der Waals surface area contributed by atoms with Gasteiger partial charge in [0, 0.05) is 29.7 Å². The molecule has 5 aromatic rings. The summed E-state index contributed by atoms with van der Waals surface area (Å²) in [5, 5.41) is 9.31. The third kappa shape index (κ3) is 5.69. The van der Waals surface area contributed by atoms with E-state index in [1.54, 1.807) is 49.6 Å². The van der Waals surface area contributed by atoms with Crippen LogP contribution in [0.4, 0.5) is 35.3 Å². The number of halogens is 3. The van der Waals surface area contributed by atoms with Gasteiger partial charge in [0.15, 0.2) is 5.82 Å². The summed E-state index contributed by atoms with van der Waals surface area (Å²) in [5.74, 6) is 1.47. The van der Waals surface area contributed by atoms with Crippen molar-refractivity contribution in [1.82, 2.24) is 19.9 Å². The Morgan fingerprint density at radius 3 is 2.49 bits per heavy atom. The summed E-state index contributed by atoms with van der Waals surface area (Å²) in [5.41, 5.74) is 0.123. The fraction of sp³-hybridized carbons (Fsp3) is 0.0741. The van der Waals surface area contributed by atoms with E-state index in [0.29, 0.717) is 39.5 Å². The van der Waals surface area contributed by atoms with E-state index < -0.39 is 17.8 Å². The Kier molecular flexibility index (Phi) is 6.91. The van der Waals surface area contributed by atoms with E-state index in [4.69, 9.17) is 4.74 Å². The quantitative estimate of drug-likeness (QED) is 0.227. The minimum Gasteiger partial charge on any atom is -0.438 e. The summed E-state index contributed by atoms with van der Waals surface area (Å²) in [6.45, 7) is 0. The van der Waals surface area contributed by atoms with Crippen molar-refractivity contribution in [1.29, 1.82) is 0 Å². The summed E-state index contributed by atoms with van der Waals surface area (Å²) < 4.78 is 45.2. The van der Waals surface area contributed by atoms with Crippen LogP contribution in [0, 0.1) is 0 Å². The highest BCUT2D eigenvalue weighted by Crippen LogP contribution is 2.37. The number of aromatic nitrogens is 4. The van der Waals surface area contributed by atoms with Gasteiger partial charge in [0.1, 0.15) is 12.1 Å². The first-order valence-electron chi connectivity index (χ1n) is 11.6. The number of alkyl halides is 3. The maximum absolute atomic E-state index is 13.0. The predicted molar refractivity (Wildman–Crippen MR) is 141 cm³/mol. The van der Waals surface area contributed by atoms with Crippen molar-refractivity contribution >= 4 is 34.1 Å². The third-order valence-corrected chi connectivity index (χ3v) is 5.59. The maximum atomic E-state index is 13.0. The molecule has 9 nitrogen and oxygen atoms in total. The summed E-state index contributed by atoms with van der Waals surface area (Å²) in [6, 6.07) is 17.7. The Balaban J connectivity index is 1.42. The van der Waals surface area contributed by atoms with Gasteiger partial charge in [-0.3, -0.25) is 0 Å². The van der Waals surface area contributed by atoms with Gasteiger partial charge in [-0.25, -0.2) is 19.7 Å². The van der Waals surface area contributed by atoms with E-state index in [9.17, 15) is 18.0 Å². The third-order valence-electron chi connectivity index (χ3n) is 5.59. The van der Waals surface area contributed by atoms with E-state index in [2.05, 4.69) is 35.9 Å². The van der Waals surface area contributed by atoms with Crippen molar-refractivity contribution in [3.8, 4) is 23.0 Å². The number of urea groups is 1. The van der Waals surface area contributed by atoms with Crippen LogP contribution in [0.15, 0.2) is 85.3 Å². The molecule has 0 aliphatic carbocycles. The van der Waals surface area contributed by atoms with Crippen molar-refractivity contribution < 1.29 is 22.7 Å². The molecule has 3 N–H and O–H groups in total. The predicted octanol–water partition coefficient (Wildman–Crippen LogP) is 6.58. The molecule has 2 aromatic heterocycles. The van der Waals surface area contributed by atoms with Gasteiger partial charge in [-0.1, -0.05) is 30.3 Å². The first-order valence-corrected chi connectivity index (χ1v) is 11.6. The van der Waals surface area contributed by atoms with Crippen LogP contribution >= 0.6 is 0 Å². The van der Waals surface area contributed by atoms with E-state index in [1.807, 2.05) is 12.1 Å². The summed E-state index contributed by atoms with van der Waals surface area (Å²) in [6.07, 6.45) is -1.56. The second kappa shape index (κ2) is 10.6. The number of fused-ring (bicyclic) bond motifs is 1. The van der Waals surface area contributed by atoms with Crippen LogP contribution in [-0.2, 0) is 6.18 Å². The summed E-state index contributed by atoms with van der Waals surface area (Å²) >= 11 is 0. The molecule has 39 heavy (non-hydrogen) atoms. The van der Waals surface area contributed by atoms with Crippen LogP contribution in [0.5, 0.6) is 11.6 Å². The van der Waals surface area contributed by atoms with Gasteiger partial charge in [0.05, 0.1) is 16.8 Å². The number of carbonyl (C=O) groups is 1. The lowest BCUT2D eigenvalue weighted by atomic mass is 10.1. The van der Waals surface area contributed by atoms with Crippen molar-refractivity contribution in [2.45, 2.75) is 6.18 Å². The van der Waals surface area contributed by atoms with E-state index in [1.165, 1.54) is 18.5 Å². The monoisotopic (exact) mass is 531 g/mol. The number of carbonyl (C=O) groups excluding carboxylic acids is 1. The van der Waals surface area contributed by atoms with Crippen LogP contribution in [0.1, 0.15) is 5.56 Å². The topological polar surface area (TPSA) is 114 Å². The SMILES string of the molecule is CNc1ncnc(-c2cccnc2Oc2ccc(NC(=O)Nc3cccc(C(F)(F)F)c3)c3ccccc23)n1. The average molecular weight is 531 g/mol. The van der Waals surface area contributed by atoms with Gasteiger partial charge < -0.3 is 20.7 Å². The lowest BCUT2D eigenvalue weighted by Gasteiger charge is -2.15. The fourth-order valence-electron chi connectivity index (χ4n) is 3.82. The molecule has 0 bridgehead atoms. The van der Waals surface area contributed by atoms with Gasteiger partial charge in [0.25, 0.3) is 0 Å². The zero-order valence-electron chi connectivity index (χ0n) is 20.3. The number of hydrogen-bond donors (Lipinski definition) is 3. The number of nitrogens with one attached hydrogen (secondary N) is 3. The van der Waals surface area contributed by atoms with Gasteiger partial charge in [-0.2, -0.15) is 18.2 Å². The first-order chi connectivity index (χ1) is 18.8. The molecule has 0 radical (unpaired) electrons. The van der Waals surface area contributed by atoms with Crippen molar-refractivity contribution in [3.05, 3.63) is 90.9 Å². The smallest absolute Gasteiger partial charge is 0.416 e. The minimum absolute atomic E-state index is 0.00836. The Hall–Kier alpha value is -5.26. The molecule has 0 fully saturated rings. The Morgan fingerprint density at radius 1 is 0.872 bits per heavy atom. The van der Waals surface area contributed by atoms with Crippen LogP contribution < -0.4 is 20.7 Å². The second-order valence-electron chi connectivity index (χ2n) is 8.16. The number of pyridine rings is 1. The number of hydrogen-bond acceptors (Lipinski definition) is 7. The van der Waals surface area contributed by atoms with Crippen molar-refractivity contribution in [3.63, 3.8) is 0 Å². The van der Waals surface area contributed by atoms with Gasteiger partial charge in [-0.05, 0) is 42.5 Å². The number of ether oxygens (including phenoxy) is 1. The Bertz CT molecular complexity index is 1660. The highest BCUT2D eigenvalue weighted by Gasteiger charge is 2.30. The Labute approximate surface area is 220 Å². The minimum atomic E-state index is -4.52.